The fourth-order valence-electron chi connectivity index (χ4n) is 3.98. The minimum Gasteiger partial charge on any atom is -0.348 e. The van der Waals surface area contributed by atoms with Gasteiger partial charge >= 0.3 is 0 Å². The van der Waals surface area contributed by atoms with Crippen molar-refractivity contribution in [2.24, 2.45) is 0 Å². The molecule has 4 aromatic rings. The average molecular weight is 452 g/mol. The fraction of sp³-hybridized carbons (Fsp3) is 0.185. The molecule has 0 saturated heterocycles. The number of nitriles is 1. The SMILES string of the molecule is N#Cc1ccc(CNC(=O)c2cc3cc(C4CC4)cnc3n(Cc3ccc(F)cc3)c2=O)cc1. The normalized spacial score (nSPS) is 12.9. The summed E-state index contributed by atoms with van der Waals surface area (Å²) in [5.74, 6) is -0.368. The Morgan fingerprint density at radius 3 is 2.47 bits per heavy atom. The van der Waals surface area contributed by atoms with Crippen LogP contribution in [0.15, 0.2) is 71.7 Å². The molecule has 0 radical (unpaired) electrons. The van der Waals surface area contributed by atoms with Gasteiger partial charge in [0, 0.05) is 18.1 Å². The first-order chi connectivity index (χ1) is 16.5. The van der Waals surface area contributed by atoms with E-state index < -0.39 is 11.5 Å². The zero-order valence-electron chi connectivity index (χ0n) is 18.3. The van der Waals surface area contributed by atoms with Gasteiger partial charge in [-0.1, -0.05) is 24.3 Å². The third-order valence-electron chi connectivity index (χ3n) is 6.03. The van der Waals surface area contributed by atoms with Crippen molar-refractivity contribution in [1.82, 2.24) is 14.9 Å². The number of nitrogens with zero attached hydrogens (tertiary/aromatic N) is 3. The van der Waals surface area contributed by atoms with Gasteiger partial charge in [-0.15, -0.1) is 0 Å². The molecular formula is C27H21FN4O2. The maximum atomic E-state index is 13.4. The molecule has 0 atom stereocenters. The topological polar surface area (TPSA) is 87.8 Å². The molecule has 1 amide bonds. The van der Waals surface area contributed by atoms with Crippen molar-refractivity contribution in [3.05, 3.63) is 111 Å². The van der Waals surface area contributed by atoms with Crippen LogP contribution >= 0.6 is 0 Å². The van der Waals surface area contributed by atoms with Crippen LogP contribution < -0.4 is 10.9 Å². The smallest absolute Gasteiger partial charge is 0.265 e. The van der Waals surface area contributed by atoms with E-state index >= 15 is 0 Å². The van der Waals surface area contributed by atoms with Gasteiger partial charge in [-0.2, -0.15) is 5.26 Å². The molecule has 1 aliphatic rings. The zero-order valence-corrected chi connectivity index (χ0v) is 18.3. The number of hydrogen-bond donors (Lipinski definition) is 1. The summed E-state index contributed by atoms with van der Waals surface area (Å²) in [5.41, 5.74) is 3.24. The highest BCUT2D eigenvalue weighted by Gasteiger charge is 2.25. The van der Waals surface area contributed by atoms with Crippen molar-refractivity contribution >= 4 is 16.9 Å². The van der Waals surface area contributed by atoms with Gasteiger partial charge in [-0.25, -0.2) is 9.37 Å². The number of nitrogens with one attached hydrogen (secondary N) is 1. The molecule has 2 aromatic carbocycles. The zero-order chi connectivity index (χ0) is 23.7. The van der Waals surface area contributed by atoms with Crippen molar-refractivity contribution in [2.75, 3.05) is 0 Å². The van der Waals surface area contributed by atoms with Crippen molar-refractivity contribution < 1.29 is 9.18 Å². The van der Waals surface area contributed by atoms with Gasteiger partial charge in [0.15, 0.2) is 0 Å². The quantitative estimate of drug-likeness (QED) is 0.473. The number of fused-ring (bicyclic) bond motifs is 1. The molecule has 168 valence electrons. The maximum absolute atomic E-state index is 13.4. The number of aromatic nitrogens is 2. The predicted molar refractivity (Wildman–Crippen MR) is 126 cm³/mol. The van der Waals surface area contributed by atoms with E-state index in [1.165, 1.54) is 16.7 Å². The molecule has 34 heavy (non-hydrogen) atoms. The minimum absolute atomic E-state index is 0.0259. The Kier molecular flexibility index (Phi) is 5.64. The highest BCUT2D eigenvalue weighted by atomic mass is 19.1. The molecule has 1 aliphatic carbocycles. The lowest BCUT2D eigenvalue weighted by molar-refractivity contribution is 0.0949. The fourth-order valence-corrected chi connectivity index (χ4v) is 3.98. The number of hydrogen-bond acceptors (Lipinski definition) is 4. The highest BCUT2D eigenvalue weighted by molar-refractivity contribution is 5.97. The van der Waals surface area contributed by atoms with Crippen LogP contribution in [0, 0.1) is 17.1 Å². The van der Waals surface area contributed by atoms with Gasteiger partial charge in [-0.3, -0.25) is 14.2 Å². The Labute approximate surface area is 195 Å². The molecule has 1 N–H and O–H groups in total. The molecule has 5 rings (SSSR count). The number of halogens is 1. The Morgan fingerprint density at radius 2 is 1.79 bits per heavy atom. The van der Waals surface area contributed by atoms with Crippen LogP contribution in [0.4, 0.5) is 4.39 Å². The largest absolute Gasteiger partial charge is 0.348 e. The van der Waals surface area contributed by atoms with Crippen molar-refractivity contribution in [1.29, 1.82) is 5.26 Å². The minimum atomic E-state index is -0.485. The van der Waals surface area contributed by atoms with Crippen LogP contribution in [0.2, 0.25) is 0 Å². The number of amides is 1. The second kappa shape index (κ2) is 8.91. The second-order valence-corrected chi connectivity index (χ2v) is 8.52. The molecule has 2 aromatic heterocycles. The van der Waals surface area contributed by atoms with Crippen LogP contribution in [0.1, 0.15) is 51.4 Å². The van der Waals surface area contributed by atoms with Crippen molar-refractivity contribution in [3.8, 4) is 6.07 Å². The van der Waals surface area contributed by atoms with E-state index in [9.17, 15) is 14.0 Å². The maximum Gasteiger partial charge on any atom is 0.265 e. The molecule has 0 unspecified atom stereocenters. The Balaban J connectivity index is 1.51. The van der Waals surface area contributed by atoms with Crippen LogP contribution in [0.3, 0.4) is 0 Å². The van der Waals surface area contributed by atoms with Gasteiger partial charge in [-0.05, 0) is 71.8 Å². The molecule has 0 aliphatic heterocycles. The molecular weight excluding hydrogens is 431 g/mol. The highest BCUT2D eigenvalue weighted by Crippen LogP contribution is 2.40. The third kappa shape index (κ3) is 4.44. The number of rotatable bonds is 6. The molecule has 0 spiro atoms. The van der Waals surface area contributed by atoms with Crippen LogP contribution in [0.5, 0.6) is 0 Å². The number of pyridine rings is 2. The van der Waals surface area contributed by atoms with Crippen molar-refractivity contribution in [3.63, 3.8) is 0 Å². The molecule has 0 bridgehead atoms. The van der Waals surface area contributed by atoms with E-state index in [0.717, 1.165) is 34.9 Å². The summed E-state index contributed by atoms with van der Waals surface area (Å²) in [6.07, 6.45) is 4.02. The van der Waals surface area contributed by atoms with E-state index in [4.69, 9.17) is 5.26 Å². The first kappa shape index (κ1) is 21.5. The van der Waals surface area contributed by atoms with Crippen LogP contribution in [0.25, 0.3) is 11.0 Å². The first-order valence-corrected chi connectivity index (χ1v) is 11.1. The van der Waals surface area contributed by atoms with Gasteiger partial charge in [0.05, 0.1) is 18.2 Å². The standard InChI is InChI=1S/C27H21FN4O2/c28-23-9-5-19(6-10-23)16-32-25-21(11-22(15-30-25)20-7-8-20)12-24(27(32)34)26(33)31-14-18-3-1-17(13-29)2-4-18/h1-6,9-12,15,20H,7-8,14,16H2,(H,31,33). The van der Waals surface area contributed by atoms with E-state index in [1.807, 2.05) is 6.07 Å². The summed E-state index contributed by atoms with van der Waals surface area (Å²) >= 11 is 0. The number of carbonyl (C=O) groups is 1. The summed E-state index contributed by atoms with van der Waals surface area (Å²) < 4.78 is 14.8. The second-order valence-electron chi connectivity index (χ2n) is 8.52. The Bertz CT molecular complexity index is 1480. The lowest BCUT2D eigenvalue weighted by Crippen LogP contribution is -2.33. The summed E-state index contributed by atoms with van der Waals surface area (Å²) in [6, 6.07) is 18.5. The van der Waals surface area contributed by atoms with Gasteiger partial charge in [0.1, 0.15) is 17.0 Å². The van der Waals surface area contributed by atoms with Gasteiger partial charge < -0.3 is 5.32 Å². The number of benzene rings is 2. The lowest BCUT2D eigenvalue weighted by atomic mass is 10.1. The van der Waals surface area contributed by atoms with E-state index in [-0.39, 0.29) is 24.5 Å². The molecule has 2 heterocycles. The van der Waals surface area contributed by atoms with E-state index in [1.54, 1.807) is 48.7 Å². The van der Waals surface area contributed by atoms with Crippen molar-refractivity contribution in [2.45, 2.75) is 31.8 Å². The molecule has 7 heteroatoms. The monoisotopic (exact) mass is 452 g/mol. The van der Waals surface area contributed by atoms with E-state index in [2.05, 4.69) is 16.4 Å². The number of carbonyl (C=O) groups excluding carboxylic acids is 1. The molecule has 1 fully saturated rings. The van der Waals surface area contributed by atoms with Gasteiger partial charge in [0.25, 0.3) is 11.5 Å². The summed E-state index contributed by atoms with van der Waals surface area (Å²) in [7, 11) is 0. The molecule has 6 nitrogen and oxygen atoms in total. The first-order valence-electron chi connectivity index (χ1n) is 11.1. The summed E-state index contributed by atoms with van der Waals surface area (Å²) in [4.78, 5) is 31.0. The Morgan fingerprint density at radius 1 is 1.09 bits per heavy atom. The van der Waals surface area contributed by atoms with Crippen LogP contribution in [-0.2, 0) is 13.1 Å². The molecule has 1 saturated carbocycles. The van der Waals surface area contributed by atoms with Gasteiger partial charge in [0.2, 0.25) is 0 Å². The van der Waals surface area contributed by atoms with E-state index in [0.29, 0.717) is 17.1 Å². The predicted octanol–water partition coefficient (Wildman–Crippen LogP) is 4.26. The third-order valence-corrected chi connectivity index (χ3v) is 6.03. The lowest BCUT2D eigenvalue weighted by Gasteiger charge is -2.14. The average Bonchev–Trinajstić information content (AvgIpc) is 3.71. The summed E-state index contributed by atoms with van der Waals surface area (Å²) in [6.45, 7) is 0.391. The van der Waals surface area contributed by atoms with Crippen LogP contribution in [-0.4, -0.2) is 15.5 Å². The summed E-state index contributed by atoms with van der Waals surface area (Å²) in [5, 5.41) is 12.5. The Hall–Kier alpha value is -4.31.